The van der Waals surface area contributed by atoms with Crippen molar-refractivity contribution in [2.45, 2.75) is 71.6 Å². The number of rotatable bonds is 3. The summed E-state index contributed by atoms with van der Waals surface area (Å²) in [5.74, 6) is 0. The highest BCUT2D eigenvalue weighted by Gasteiger charge is 2.47. The maximum absolute atomic E-state index is 12.1. The summed E-state index contributed by atoms with van der Waals surface area (Å²) in [6.07, 6.45) is 0.794. The van der Waals surface area contributed by atoms with Crippen LogP contribution in [0.25, 0.3) is 0 Å². The number of ether oxygens (including phenoxy) is 1. The minimum atomic E-state index is -0.738. The molecule has 0 saturated carbocycles. The normalized spacial score (nSPS) is 19.4. The van der Waals surface area contributed by atoms with Crippen LogP contribution in [0.5, 0.6) is 0 Å². The SMILES string of the molecule is CCOC(=O)Cl.CCONC(=O)N1C(C)(C)CC(O)CC1(C)C. The number of carbonyl (C=O) groups excluding carboxylic acids is 2. The highest BCUT2D eigenvalue weighted by atomic mass is 35.5. The molecule has 1 rings (SSSR count). The lowest BCUT2D eigenvalue weighted by molar-refractivity contribution is -0.0632. The Hall–Kier alpha value is -1.05. The predicted molar refractivity (Wildman–Crippen MR) is 88.3 cm³/mol. The number of urea groups is 1. The molecular formula is C15H29ClN2O5. The Morgan fingerprint density at radius 1 is 1.17 bits per heavy atom. The fraction of sp³-hybridized carbons (Fsp3) is 0.867. The van der Waals surface area contributed by atoms with E-state index in [0.29, 0.717) is 26.1 Å². The predicted octanol–water partition coefficient (Wildman–Crippen LogP) is 3.04. The average Bonchev–Trinajstić information content (AvgIpc) is 2.33. The van der Waals surface area contributed by atoms with E-state index in [9.17, 15) is 14.7 Å². The number of amides is 2. The molecule has 0 aromatic rings. The molecule has 0 aliphatic carbocycles. The maximum atomic E-state index is 12.1. The zero-order chi connectivity index (χ0) is 18.3. The minimum absolute atomic E-state index is 0.242. The molecule has 0 spiro atoms. The molecular weight excluding hydrogens is 324 g/mol. The van der Waals surface area contributed by atoms with Gasteiger partial charge in [0.2, 0.25) is 0 Å². The molecule has 0 atom stereocenters. The highest BCUT2D eigenvalue weighted by molar-refractivity contribution is 6.61. The first-order valence-electron chi connectivity index (χ1n) is 7.70. The monoisotopic (exact) mass is 352 g/mol. The number of aliphatic hydroxyl groups excluding tert-OH is 1. The molecule has 2 amide bonds. The summed E-state index contributed by atoms with van der Waals surface area (Å²) in [4.78, 5) is 28.4. The molecule has 7 nitrogen and oxygen atoms in total. The highest BCUT2D eigenvalue weighted by Crippen LogP contribution is 2.38. The van der Waals surface area contributed by atoms with Crippen LogP contribution < -0.4 is 5.48 Å². The van der Waals surface area contributed by atoms with Gasteiger partial charge in [0.15, 0.2) is 0 Å². The van der Waals surface area contributed by atoms with E-state index >= 15 is 0 Å². The molecule has 1 aliphatic rings. The van der Waals surface area contributed by atoms with Crippen molar-refractivity contribution < 1.29 is 24.3 Å². The molecule has 1 aliphatic heterocycles. The van der Waals surface area contributed by atoms with Gasteiger partial charge in [0.05, 0.1) is 19.3 Å². The first kappa shape index (κ1) is 21.9. The molecule has 136 valence electrons. The Morgan fingerprint density at radius 2 is 1.65 bits per heavy atom. The lowest BCUT2D eigenvalue weighted by Crippen LogP contribution is -2.65. The van der Waals surface area contributed by atoms with Gasteiger partial charge in [-0.3, -0.25) is 4.84 Å². The van der Waals surface area contributed by atoms with Crippen LogP contribution in [0.4, 0.5) is 9.59 Å². The van der Waals surface area contributed by atoms with Gasteiger partial charge in [0.25, 0.3) is 0 Å². The third-order valence-electron chi connectivity index (χ3n) is 3.45. The number of piperidine rings is 1. The van der Waals surface area contributed by atoms with Gasteiger partial charge in [0, 0.05) is 22.7 Å². The van der Waals surface area contributed by atoms with Crippen LogP contribution in [0.3, 0.4) is 0 Å². The Balaban J connectivity index is 0.000000688. The van der Waals surface area contributed by atoms with Gasteiger partial charge >= 0.3 is 11.5 Å². The summed E-state index contributed by atoms with van der Waals surface area (Å²) in [7, 11) is 0. The summed E-state index contributed by atoms with van der Waals surface area (Å²) in [5, 5.41) is 9.87. The van der Waals surface area contributed by atoms with Crippen LogP contribution in [0.15, 0.2) is 0 Å². The quantitative estimate of drug-likeness (QED) is 0.602. The third-order valence-corrected chi connectivity index (χ3v) is 3.55. The van der Waals surface area contributed by atoms with E-state index < -0.39 is 5.43 Å². The average molecular weight is 353 g/mol. The molecule has 0 unspecified atom stereocenters. The summed E-state index contributed by atoms with van der Waals surface area (Å²) in [5.41, 5.74) is 0.922. The van der Waals surface area contributed by atoms with E-state index in [1.54, 1.807) is 11.8 Å². The Morgan fingerprint density at radius 3 is 1.96 bits per heavy atom. The zero-order valence-corrected chi connectivity index (χ0v) is 15.6. The van der Waals surface area contributed by atoms with Crippen molar-refractivity contribution in [2.75, 3.05) is 13.2 Å². The van der Waals surface area contributed by atoms with Gasteiger partial charge in [-0.25, -0.2) is 15.1 Å². The van der Waals surface area contributed by atoms with E-state index in [2.05, 4.69) is 10.2 Å². The number of aliphatic hydroxyl groups is 1. The molecule has 0 aromatic carbocycles. The number of likely N-dealkylation sites (tertiary alicyclic amines) is 1. The molecule has 8 heteroatoms. The maximum Gasteiger partial charge on any atom is 0.403 e. The Bertz CT molecular complexity index is 383. The number of hydroxylamine groups is 1. The fourth-order valence-electron chi connectivity index (χ4n) is 3.07. The molecule has 0 aromatic heterocycles. The van der Waals surface area contributed by atoms with Crippen molar-refractivity contribution in [3.05, 3.63) is 0 Å². The molecule has 0 radical (unpaired) electrons. The van der Waals surface area contributed by atoms with Crippen LogP contribution in [-0.2, 0) is 9.57 Å². The summed E-state index contributed by atoms with van der Waals surface area (Å²) in [6, 6.07) is -0.242. The Kier molecular flexibility index (Phi) is 8.87. The van der Waals surface area contributed by atoms with E-state index in [1.165, 1.54) is 0 Å². The van der Waals surface area contributed by atoms with Crippen molar-refractivity contribution in [2.24, 2.45) is 0 Å². The summed E-state index contributed by atoms with van der Waals surface area (Å²) >= 11 is 4.72. The molecule has 1 saturated heterocycles. The van der Waals surface area contributed by atoms with Gasteiger partial charge in [0.1, 0.15) is 0 Å². The summed E-state index contributed by atoms with van der Waals surface area (Å²) in [6.45, 7) is 12.1. The second-order valence-electron chi connectivity index (χ2n) is 6.53. The van der Waals surface area contributed by atoms with E-state index in [-0.39, 0.29) is 23.2 Å². The van der Waals surface area contributed by atoms with Gasteiger partial charge in [-0.2, -0.15) is 0 Å². The van der Waals surface area contributed by atoms with Crippen molar-refractivity contribution in [1.82, 2.24) is 10.4 Å². The first-order valence-corrected chi connectivity index (χ1v) is 8.08. The van der Waals surface area contributed by atoms with Gasteiger partial charge in [-0.15, -0.1) is 0 Å². The van der Waals surface area contributed by atoms with Gasteiger partial charge in [-0.1, -0.05) is 0 Å². The van der Waals surface area contributed by atoms with Crippen LogP contribution in [0.1, 0.15) is 54.4 Å². The van der Waals surface area contributed by atoms with E-state index in [4.69, 9.17) is 16.4 Å². The third kappa shape index (κ3) is 7.37. The number of halogens is 1. The smallest absolute Gasteiger partial charge is 0.403 e. The number of nitrogens with one attached hydrogen (secondary N) is 1. The fourth-order valence-corrected chi connectivity index (χ4v) is 3.18. The van der Waals surface area contributed by atoms with Crippen LogP contribution in [-0.4, -0.2) is 51.9 Å². The number of hydrogen-bond acceptors (Lipinski definition) is 5. The standard InChI is InChI=1S/C12H24N2O3.C3H5ClO2/c1-6-17-13-10(16)14-11(2,3)7-9(15)8-12(14,4)5;1-2-6-3(4)5/h9,15H,6-8H2,1-5H3,(H,13,16);2H2,1H3. The largest absolute Gasteiger partial charge is 0.454 e. The topological polar surface area (TPSA) is 88.1 Å². The molecule has 1 fully saturated rings. The van der Waals surface area contributed by atoms with Crippen LogP contribution >= 0.6 is 11.6 Å². The van der Waals surface area contributed by atoms with E-state index in [0.717, 1.165) is 0 Å². The first-order chi connectivity index (χ1) is 10.5. The summed E-state index contributed by atoms with van der Waals surface area (Å²) < 4.78 is 4.17. The van der Waals surface area contributed by atoms with Crippen molar-refractivity contribution >= 4 is 23.1 Å². The van der Waals surface area contributed by atoms with Crippen LogP contribution in [0, 0.1) is 0 Å². The molecule has 2 N–H and O–H groups in total. The number of carbonyl (C=O) groups is 2. The number of nitrogens with zero attached hydrogens (tertiary/aromatic N) is 1. The van der Waals surface area contributed by atoms with Gasteiger partial charge < -0.3 is 14.7 Å². The Labute approximate surface area is 143 Å². The van der Waals surface area contributed by atoms with Gasteiger partial charge in [-0.05, 0) is 54.4 Å². The minimum Gasteiger partial charge on any atom is -0.454 e. The van der Waals surface area contributed by atoms with Crippen molar-refractivity contribution in [1.29, 1.82) is 0 Å². The van der Waals surface area contributed by atoms with Crippen molar-refractivity contribution in [3.63, 3.8) is 0 Å². The molecule has 23 heavy (non-hydrogen) atoms. The van der Waals surface area contributed by atoms with E-state index in [1.807, 2.05) is 34.6 Å². The second kappa shape index (κ2) is 9.30. The number of hydrogen-bond donors (Lipinski definition) is 2. The zero-order valence-electron chi connectivity index (χ0n) is 14.8. The van der Waals surface area contributed by atoms with Crippen molar-refractivity contribution in [3.8, 4) is 0 Å². The lowest BCUT2D eigenvalue weighted by Gasteiger charge is -2.53. The van der Waals surface area contributed by atoms with Crippen LogP contribution in [0.2, 0.25) is 0 Å². The lowest BCUT2D eigenvalue weighted by atomic mass is 9.78. The molecule has 1 heterocycles. The molecule has 0 bridgehead atoms. The second-order valence-corrected chi connectivity index (χ2v) is 6.84.